The highest BCUT2D eigenvalue weighted by Gasteiger charge is 2.33. The Morgan fingerprint density at radius 2 is 1.97 bits per heavy atom. The molecule has 9 heteroatoms. The van der Waals surface area contributed by atoms with Gasteiger partial charge in [0.15, 0.2) is 0 Å². The van der Waals surface area contributed by atoms with Gasteiger partial charge in [-0.1, -0.05) is 30.3 Å². The number of hydrogen-bond donors (Lipinski definition) is 2. The maximum Gasteiger partial charge on any atom is 0.573 e. The molecule has 30 heavy (non-hydrogen) atoms. The number of nitrogens with zero attached hydrogens (tertiary/aromatic N) is 1. The zero-order valence-corrected chi connectivity index (χ0v) is 16.5. The summed E-state index contributed by atoms with van der Waals surface area (Å²) in [5.41, 5.74) is 7.07. The van der Waals surface area contributed by atoms with Crippen LogP contribution in [0.5, 0.6) is 11.5 Å². The van der Waals surface area contributed by atoms with Gasteiger partial charge in [-0.3, -0.25) is 0 Å². The number of urea groups is 1. The molecule has 3 N–H and O–H groups in total. The summed E-state index contributed by atoms with van der Waals surface area (Å²) in [6.07, 6.45) is -4.11. The number of nitrogens with two attached hydrogens (primary N) is 1. The average Bonchev–Trinajstić information content (AvgIpc) is 2.71. The fourth-order valence-electron chi connectivity index (χ4n) is 3.77. The highest BCUT2D eigenvalue weighted by Crippen LogP contribution is 2.31. The van der Waals surface area contributed by atoms with Gasteiger partial charge >= 0.3 is 12.4 Å². The maximum atomic E-state index is 12.6. The first-order valence-electron chi connectivity index (χ1n) is 9.52. The van der Waals surface area contributed by atoms with Gasteiger partial charge in [0.05, 0.1) is 7.11 Å². The summed E-state index contributed by atoms with van der Waals surface area (Å²) in [5.74, 6) is 0.152. The van der Waals surface area contributed by atoms with Crippen molar-refractivity contribution in [3.63, 3.8) is 0 Å². The summed E-state index contributed by atoms with van der Waals surface area (Å²) in [7, 11) is 1.46. The Morgan fingerprint density at radius 1 is 1.23 bits per heavy atom. The molecule has 0 aromatic heterocycles. The average molecular weight is 423 g/mol. The molecule has 6 nitrogen and oxygen atoms in total. The lowest BCUT2D eigenvalue weighted by atomic mass is 9.86. The summed E-state index contributed by atoms with van der Waals surface area (Å²) in [6, 6.07) is 13.3. The Morgan fingerprint density at radius 3 is 2.60 bits per heavy atom. The van der Waals surface area contributed by atoms with Gasteiger partial charge < -0.3 is 25.4 Å². The normalized spacial score (nSPS) is 19.4. The molecule has 2 aromatic rings. The van der Waals surface area contributed by atoms with Crippen LogP contribution in [0.1, 0.15) is 23.5 Å². The second-order valence-corrected chi connectivity index (χ2v) is 7.10. The van der Waals surface area contributed by atoms with Crippen LogP contribution in [0.4, 0.5) is 18.0 Å². The van der Waals surface area contributed by atoms with Crippen LogP contribution in [0, 0.1) is 0 Å². The molecule has 2 aromatic carbocycles. The lowest BCUT2D eigenvalue weighted by molar-refractivity contribution is -0.274. The molecule has 2 atom stereocenters. The number of piperidine rings is 1. The zero-order valence-electron chi connectivity index (χ0n) is 16.5. The molecule has 2 amide bonds. The molecular weight excluding hydrogens is 399 g/mol. The monoisotopic (exact) mass is 423 g/mol. The first kappa shape index (κ1) is 21.8. The van der Waals surface area contributed by atoms with E-state index in [1.165, 1.54) is 25.3 Å². The second-order valence-electron chi connectivity index (χ2n) is 7.10. The first-order valence-corrected chi connectivity index (χ1v) is 9.52. The Bertz CT molecular complexity index is 862. The van der Waals surface area contributed by atoms with Crippen LogP contribution in [0.25, 0.3) is 0 Å². The molecular formula is C21H24F3N3O3. The summed E-state index contributed by atoms with van der Waals surface area (Å²) in [5, 5.41) is 3.42. The number of primary amides is 1. The Labute approximate surface area is 172 Å². The van der Waals surface area contributed by atoms with Gasteiger partial charge in [0, 0.05) is 37.2 Å². The molecule has 0 saturated carbocycles. The van der Waals surface area contributed by atoms with E-state index >= 15 is 0 Å². The minimum atomic E-state index is -4.76. The number of alkyl halides is 3. The SMILES string of the molecule is COc1ccc(OC(F)(F)F)cc1CN[C@H]1CCN(C(N)=O)C[C@H]1c1ccccc1. The van der Waals surface area contributed by atoms with Crippen LogP contribution >= 0.6 is 0 Å². The second kappa shape index (κ2) is 9.25. The summed E-state index contributed by atoms with van der Waals surface area (Å²) in [6.45, 7) is 1.25. The minimum absolute atomic E-state index is 0.0000956. The number of benzene rings is 2. The summed E-state index contributed by atoms with van der Waals surface area (Å²) < 4.78 is 47.0. The molecule has 162 valence electrons. The minimum Gasteiger partial charge on any atom is -0.496 e. The van der Waals surface area contributed by atoms with E-state index in [1.807, 2.05) is 30.3 Å². The third kappa shape index (κ3) is 5.56. The van der Waals surface area contributed by atoms with E-state index in [2.05, 4.69) is 10.1 Å². The molecule has 1 fully saturated rings. The Kier molecular flexibility index (Phi) is 6.71. The predicted octanol–water partition coefficient (Wildman–Crippen LogP) is 3.62. The van der Waals surface area contributed by atoms with Gasteiger partial charge in [0.2, 0.25) is 0 Å². The smallest absolute Gasteiger partial charge is 0.496 e. The molecule has 0 aliphatic carbocycles. The van der Waals surface area contributed by atoms with Crippen molar-refractivity contribution < 1.29 is 27.4 Å². The van der Waals surface area contributed by atoms with E-state index in [0.29, 0.717) is 30.8 Å². The number of likely N-dealkylation sites (tertiary alicyclic amines) is 1. The van der Waals surface area contributed by atoms with Crippen molar-refractivity contribution in [1.29, 1.82) is 0 Å². The van der Waals surface area contributed by atoms with Crippen molar-refractivity contribution >= 4 is 6.03 Å². The molecule has 0 spiro atoms. The molecule has 0 bridgehead atoms. The Hall–Kier alpha value is -2.94. The largest absolute Gasteiger partial charge is 0.573 e. The van der Waals surface area contributed by atoms with Crippen LogP contribution in [0.15, 0.2) is 48.5 Å². The number of nitrogens with one attached hydrogen (secondary N) is 1. The van der Waals surface area contributed by atoms with E-state index in [0.717, 1.165) is 5.56 Å². The molecule has 0 radical (unpaired) electrons. The third-order valence-electron chi connectivity index (χ3n) is 5.19. The van der Waals surface area contributed by atoms with Gasteiger partial charge in [0.1, 0.15) is 11.5 Å². The number of methoxy groups -OCH3 is 1. The quantitative estimate of drug-likeness (QED) is 0.744. The summed E-state index contributed by atoms with van der Waals surface area (Å²) >= 11 is 0. The molecule has 1 aliphatic rings. The molecule has 1 aliphatic heterocycles. The number of rotatable bonds is 6. The van der Waals surface area contributed by atoms with E-state index in [-0.39, 0.29) is 24.3 Å². The van der Waals surface area contributed by atoms with Crippen LogP contribution in [0.2, 0.25) is 0 Å². The fourth-order valence-corrected chi connectivity index (χ4v) is 3.77. The van der Waals surface area contributed by atoms with Crippen molar-refractivity contribution in [3.05, 3.63) is 59.7 Å². The molecule has 1 heterocycles. The zero-order chi connectivity index (χ0) is 21.7. The number of amides is 2. The lowest BCUT2D eigenvalue weighted by Crippen LogP contribution is -2.51. The van der Waals surface area contributed by atoms with E-state index in [4.69, 9.17) is 10.5 Å². The predicted molar refractivity (Wildman–Crippen MR) is 105 cm³/mol. The van der Waals surface area contributed by atoms with Gasteiger partial charge in [-0.2, -0.15) is 0 Å². The van der Waals surface area contributed by atoms with Crippen LogP contribution < -0.4 is 20.5 Å². The first-order chi connectivity index (χ1) is 14.3. The fraction of sp³-hybridized carbons (Fsp3) is 0.381. The van der Waals surface area contributed by atoms with Crippen molar-refractivity contribution in [3.8, 4) is 11.5 Å². The third-order valence-corrected chi connectivity index (χ3v) is 5.19. The van der Waals surface area contributed by atoms with Crippen molar-refractivity contribution in [2.75, 3.05) is 20.2 Å². The number of ether oxygens (including phenoxy) is 2. The number of hydrogen-bond acceptors (Lipinski definition) is 4. The van der Waals surface area contributed by atoms with E-state index in [1.54, 1.807) is 4.90 Å². The van der Waals surface area contributed by atoms with Crippen LogP contribution in [0.3, 0.4) is 0 Å². The highest BCUT2D eigenvalue weighted by atomic mass is 19.4. The Balaban J connectivity index is 1.77. The lowest BCUT2D eigenvalue weighted by Gasteiger charge is -2.38. The molecule has 1 saturated heterocycles. The van der Waals surface area contributed by atoms with Gasteiger partial charge in [-0.05, 0) is 30.2 Å². The number of halogens is 3. The standard InChI is InChI=1S/C21H24F3N3O3/c1-29-19-8-7-16(30-21(22,23)24)11-15(19)12-26-18-9-10-27(20(25)28)13-17(18)14-5-3-2-4-6-14/h2-8,11,17-18,26H,9-10,12-13H2,1H3,(H2,25,28)/t17-,18-/m0/s1. The number of carbonyl (C=O) groups is 1. The maximum absolute atomic E-state index is 12.6. The van der Waals surface area contributed by atoms with E-state index < -0.39 is 12.4 Å². The topological polar surface area (TPSA) is 76.8 Å². The van der Waals surface area contributed by atoms with Gasteiger partial charge in [-0.25, -0.2) is 4.79 Å². The van der Waals surface area contributed by atoms with Gasteiger partial charge in [-0.15, -0.1) is 13.2 Å². The van der Waals surface area contributed by atoms with Gasteiger partial charge in [0.25, 0.3) is 0 Å². The van der Waals surface area contributed by atoms with Crippen LogP contribution in [-0.2, 0) is 6.54 Å². The molecule has 3 rings (SSSR count). The van der Waals surface area contributed by atoms with Crippen molar-refractivity contribution in [1.82, 2.24) is 10.2 Å². The molecule has 0 unspecified atom stereocenters. The van der Waals surface area contributed by atoms with Crippen molar-refractivity contribution in [2.45, 2.75) is 31.3 Å². The van der Waals surface area contributed by atoms with Crippen molar-refractivity contribution in [2.24, 2.45) is 5.73 Å². The van der Waals surface area contributed by atoms with Crippen LogP contribution in [-0.4, -0.2) is 43.5 Å². The highest BCUT2D eigenvalue weighted by molar-refractivity contribution is 5.72. The number of carbonyl (C=O) groups excluding carboxylic acids is 1. The summed E-state index contributed by atoms with van der Waals surface area (Å²) in [4.78, 5) is 13.3. The van der Waals surface area contributed by atoms with E-state index in [9.17, 15) is 18.0 Å².